The van der Waals surface area contributed by atoms with Gasteiger partial charge in [-0.1, -0.05) is 6.07 Å². The molecule has 0 amide bonds. The molecule has 1 aliphatic rings. The van der Waals surface area contributed by atoms with Gasteiger partial charge in [0.1, 0.15) is 0 Å². The number of aliphatic hydroxyl groups excluding tert-OH is 1. The Morgan fingerprint density at radius 1 is 1.38 bits per heavy atom. The molecule has 3 rings (SSSR count). The number of imidazole rings is 1. The number of aryl methyl sites for hydroxylation is 1. The minimum absolute atomic E-state index is 0.00804. The lowest BCUT2D eigenvalue weighted by Crippen LogP contribution is -2.41. The van der Waals surface area contributed by atoms with Gasteiger partial charge in [0, 0.05) is 25.5 Å². The van der Waals surface area contributed by atoms with Crippen molar-refractivity contribution in [2.45, 2.75) is 30.0 Å². The van der Waals surface area contributed by atoms with Gasteiger partial charge in [-0.15, -0.1) is 0 Å². The predicted octanol–water partition coefficient (Wildman–Crippen LogP) is 0.614. The molecular formula is C15H20N4O4S. The SMILES string of the molecule is COc1ccc([C@@H](NS(=O)(=O)c2cn(C)cn2)C2CC(O)C2)cn1. The van der Waals surface area contributed by atoms with Crippen molar-refractivity contribution in [3.63, 3.8) is 0 Å². The maximum absolute atomic E-state index is 12.6. The number of aliphatic hydroxyl groups is 1. The van der Waals surface area contributed by atoms with Crippen LogP contribution in [0.2, 0.25) is 0 Å². The van der Waals surface area contributed by atoms with Crippen LogP contribution >= 0.6 is 0 Å². The van der Waals surface area contributed by atoms with E-state index in [4.69, 9.17) is 4.74 Å². The second-order valence-electron chi connectivity index (χ2n) is 6.00. The van der Waals surface area contributed by atoms with Gasteiger partial charge in [-0.2, -0.15) is 0 Å². The third-order valence-electron chi connectivity index (χ3n) is 4.19. The van der Waals surface area contributed by atoms with Crippen molar-refractivity contribution in [3.05, 3.63) is 36.4 Å². The maximum atomic E-state index is 12.6. The fourth-order valence-electron chi connectivity index (χ4n) is 2.79. The molecule has 9 heteroatoms. The first kappa shape index (κ1) is 16.9. The highest BCUT2D eigenvalue weighted by Gasteiger charge is 2.37. The lowest BCUT2D eigenvalue weighted by Gasteiger charge is -2.37. The number of nitrogens with zero attached hydrogens (tertiary/aromatic N) is 3. The molecule has 130 valence electrons. The van der Waals surface area contributed by atoms with Crippen LogP contribution in [0.3, 0.4) is 0 Å². The van der Waals surface area contributed by atoms with E-state index in [-0.39, 0.29) is 17.0 Å². The fraction of sp³-hybridized carbons (Fsp3) is 0.467. The molecule has 1 fully saturated rings. The first-order valence-corrected chi connectivity index (χ1v) is 9.05. The monoisotopic (exact) mass is 352 g/mol. The Morgan fingerprint density at radius 2 is 2.12 bits per heavy atom. The van der Waals surface area contributed by atoms with E-state index in [1.807, 2.05) is 0 Å². The molecule has 1 aliphatic carbocycles. The lowest BCUT2D eigenvalue weighted by molar-refractivity contribution is 0.0279. The molecule has 2 aromatic heterocycles. The fourth-order valence-corrected chi connectivity index (χ4v) is 4.06. The number of pyridine rings is 1. The van der Waals surface area contributed by atoms with Gasteiger partial charge >= 0.3 is 0 Å². The van der Waals surface area contributed by atoms with E-state index in [0.29, 0.717) is 18.7 Å². The Balaban J connectivity index is 1.87. The van der Waals surface area contributed by atoms with E-state index in [9.17, 15) is 13.5 Å². The summed E-state index contributed by atoms with van der Waals surface area (Å²) in [7, 11) is -0.537. The summed E-state index contributed by atoms with van der Waals surface area (Å²) in [6.45, 7) is 0. The molecule has 0 radical (unpaired) electrons. The van der Waals surface area contributed by atoms with E-state index in [1.54, 1.807) is 29.9 Å². The first-order chi connectivity index (χ1) is 11.4. The number of sulfonamides is 1. The van der Waals surface area contributed by atoms with Crippen molar-refractivity contribution in [2.75, 3.05) is 7.11 Å². The number of rotatable bonds is 6. The minimum Gasteiger partial charge on any atom is -0.481 e. The summed E-state index contributed by atoms with van der Waals surface area (Å²) in [5, 5.41) is 9.56. The number of hydrogen-bond acceptors (Lipinski definition) is 6. The minimum atomic E-state index is -3.76. The first-order valence-electron chi connectivity index (χ1n) is 7.57. The van der Waals surface area contributed by atoms with Crippen molar-refractivity contribution < 1.29 is 18.3 Å². The smallest absolute Gasteiger partial charge is 0.260 e. The molecular weight excluding hydrogens is 332 g/mol. The molecule has 0 bridgehead atoms. The molecule has 0 aliphatic heterocycles. The Hall–Kier alpha value is -1.97. The van der Waals surface area contributed by atoms with Crippen LogP contribution < -0.4 is 9.46 Å². The molecule has 24 heavy (non-hydrogen) atoms. The van der Waals surface area contributed by atoms with Crippen molar-refractivity contribution in [1.82, 2.24) is 19.3 Å². The molecule has 2 aromatic rings. The number of hydrogen-bond donors (Lipinski definition) is 2. The van der Waals surface area contributed by atoms with Gasteiger partial charge in [-0.05, 0) is 24.3 Å². The largest absolute Gasteiger partial charge is 0.481 e. The normalized spacial score (nSPS) is 22.0. The Morgan fingerprint density at radius 3 is 2.62 bits per heavy atom. The van der Waals surface area contributed by atoms with Gasteiger partial charge in [0.15, 0.2) is 5.03 Å². The van der Waals surface area contributed by atoms with E-state index < -0.39 is 16.1 Å². The van der Waals surface area contributed by atoms with Crippen LogP contribution in [-0.4, -0.2) is 41.3 Å². The molecule has 1 atom stereocenters. The highest BCUT2D eigenvalue weighted by Crippen LogP contribution is 2.38. The van der Waals surface area contributed by atoms with Gasteiger partial charge in [0.2, 0.25) is 5.88 Å². The Bertz CT molecular complexity index is 797. The average molecular weight is 352 g/mol. The topological polar surface area (TPSA) is 106 Å². The summed E-state index contributed by atoms with van der Waals surface area (Å²) < 4.78 is 34.5. The van der Waals surface area contributed by atoms with Crippen LogP contribution in [0.15, 0.2) is 35.9 Å². The molecule has 8 nitrogen and oxygen atoms in total. The molecule has 0 aromatic carbocycles. The summed E-state index contributed by atoms with van der Waals surface area (Å²) in [6.07, 6.45) is 5.17. The van der Waals surface area contributed by atoms with Crippen LogP contribution in [0, 0.1) is 5.92 Å². The zero-order valence-electron chi connectivity index (χ0n) is 13.5. The van der Waals surface area contributed by atoms with E-state index in [2.05, 4.69) is 14.7 Å². The van der Waals surface area contributed by atoms with E-state index >= 15 is 0 Å². The number of nitrogens with one attached hydrogen (secondary N) is 1. The quantitative estimate of drug-likeness (QED) is 0.789. The lowest BCUT2D eigenvalue weighted by atomic mass is 9.76. The third kappa shape index (κ3) is 3.42. The van der Waals surface area contributed by atoms with E-state index in [1.165, 1.54) is 19.6 Å². The predicted molar refractivity (Wildman–Crippen MR) is 85.8 cm³/mol. The van der Waals surface area contributed by atoms with Gasteiger partial charge in [-0.25, -0.2) is 23.1 Å². The highest BCUT2D eigenvalue weighted by molar-refractivity contribution is 7.89. The molecule has 0 saturated heterocycles. The Kier molecular flexibility index (Phi) is 4.57. The van der Waals surface area contributed by atoms with Gasteiger partial charge in [0.05, 0.1) is 25.6 Å². The standard InChI is InChI=1S/C15H20N4O4S/c1-19-8-14(17-9-19)24(21,22)18-15(11-5-12(20)6-11)10-3-4-13(23-2)16-7-10/h3-4,7-9,11-12,15,18,20H,5-6H2,1-2H3/t11?,12?,15-/m1/s1. The Labute approximate surface area is 140 Å². The zero-order valence-corrected chi connectivity index (χ0v) is 14.3. The van der Waals surface area contributed by atoms with Crippen LogP contribution in [0.4, 0.5) is 0 Å². The van der Waals surface area contributed by atoms with Crippen LogP contribution in [0.5, 0.6) is 5.88 Å². The average Bonchev–Trinajstić information content (AvgIpc) is 2.97. The van der Waals surface area contributed by atoms with E-state index in [0.717, 1.165) is 5.56 Å². The van der Waals surface area contributed by atoms with Gasteiger partial charge in [0.25, 0.3) is 10.0 Å². The molecule has 2 heterocycles. The third-order valence-corrected chi connectivity index (χ3v) is 5.51. The second kappa shape index (κ2) is 6.50. The van der Waals surface area contributed by atoms with Crippen LogP contribution in [0.1, 0.15) is 24.4 Å². The summed E-state index contributed by atoms with van der Waals surface area (Å²) >= 11 is 0. The molecule has 1 saturated carbocycles. The van der Waals surface area contributed by atoms with Gasteiger partial charge < -0.3 is 14.4 Å². The van der Waals surface area contributed by atoms with Crippen LogP contribution in [-0.2, 0) is 17.1 Å². The van der Waals surface area contributed by atoms with Gasteiger partial charge in [-0.3, -0.25) is 0 Å². The van der Waals surface area contributed by atoms with Crippen molar-refractivity contribution in [2.24, 2.45) is 13.0 Å². The zero-order chi connectivity index (χ0) is 17.3. The van der Waals surface area contributed by atoms with Crippen molar-refractivity contribution in [1.29, 1.82) is 0 Å². The van der Waals surface area contributed by atoms with Crippen molar-refractivity contribution >= 4 is 10.0 Å². The maximum Gasteiger partial charge on any atom is 0.260 e. The summed E-state index contributed by atoms with van der Waals surface area (Å²) in [5.74, 6) is 0.465. The molecule has 2 N–H and O–H groups in total. The number of aromatic nitrogens is 3. The highest BCUT2D eigenvalue weighted by atomic mass is 32.2. The second-order valence-corrected chi connectivity index (χ2v) is 7.66. The summed E-state index contributed by atoms with van der Waals surface area (Å²) in [5.41, 5.74) is 0.729. The number of methoxy groups -OCH3 is 1. The summed E-state index contributed by atoms with van der Waals surface area (Å²) in [4.78, 5) is 8.05. The molecule has 0 spiro atoms. The number of ether oxygens (including phenoxy) is 1. The summed E-state index contributed by atoms with van der Waals surface area (Å²) in [6, 6.07) is 2.99. The van der Waals surface area contributed by atoms with Crippen LogP contribution in [0.25, 0.3) is 0 Å². The van der Waals surface area contributed by atoms with Crippen molar-refractivity contribution in [3.8, 4) is 5.88 Å². The molecule has 0 unspecified atom stereocenters.